The van der Waals surface area contributed by atoms with Gasteiger partial charge in [-0.05, 0) is 42.5 Å². The fourth-order valence-corrected chi connectivity index (χ4v) is 2.28. The summed E-state index contributed by atoms with van der Waals surface area (Å²) in [6.45, 7) is 0. The van der Waals surface area contributed by atoms with Crippen LogP contribution in [0.1, 0.15) is 30.0 Å². The van der Waals surface area contributed by atoms with Gasteiger partial charge in [-0.3, -0.25) is 11.3 Å². The van der Waals surface area contributed by atoms with Crippen LogP contribution in [-0.2, 0) is 6.42 Å². The molecule has 0 heterocycles. The minimum atomic E-state index is 0.118. The molecule has 104 valence electrons. The van der Waals surface area contributed by atoms with Gasteiger partial charge in [0.2, 0.25) is 0 Å². The van der Waals surface area contributed by atoms with E-state index in [1.807, 2.05) is 18.2 Å². The summed E-state index contributed by atoms with van der Waals surface area (Å²) in [7, 11) is 0. The zero-order valence-corrected chi connectivity index (χ0v) is 11.5. The van der Waals surface area contributed by atoms with Gasteiger partial charge in [-0.2, -0.15) is 0 Å². The third-order valence-electron chi connectivity index (χ3n) is 3.59. The predicted octanol–water partition coefficient (Wildman–Crippen LogP) is 2.97. The average molecular weight is 268 g/mol. The molecule has 3 rings (SSSR count). The van der Waals surface area contributed by atoms with E-state index in [4.69, 9.17) is 10.6 Å². The molecule has 1 aliphatic rings. The van der Waals surface area contributed by atoms with E-state index in [0.29, 0.717) is 6.10 Å². The number of benzene rings is 2. The second kappa shape index (κ2) is 6.07. The van der Waals surface area contributed by atoms with Crippen molar-refractivity contribution >= 4 is 0 Å². The molecule has 1 atom stereocenters. The molecule has 1 unspecified atom stereocenters. The summed E-state index contributed by atoms with van der Waals surface area (Å²) >= 11 is 0. The molecule has 3 heteroatoms. The predicted molar refractivity (Wildman–Crippen MR) is 80.3 cm³/mol. The van der Waals surface area contributed by atoms with Crippen molar-refractivity contribution in [3.05, 3.63) is 65.7 Å². The number of hydrazine groups is 1. The number of hydrogen-bond acceptors (Lipinski definition) is 3. The highest BCUT2D eigenvalue weighted by molar-refractivity contribution is 5.31. The Hall–Kier alpha value is -1.84. The molecule has 0 bridgehead atoms. The number of nitrogens with two attached hydrogens (primary N) is 1. The van der Waals surface area contributed by atoms with Gasteiger partial charge in [0.15, 0.2) is 0 Å². The lowest BCUT2D eigenvalue weighted by Gasteiger charge is -2.17. The summed E-state index contributed by atoms with van der Waals surface area (Å²) in [5.74, 6) is 6.65. The van der Waals surface area contributed by atoms with Crippen LogP contribution in [0, 0.1) is 0 Å². The van der Waals surface area contributed by atoms with Gasteiger partial charge in [-0.15, -0.1) is 0 Å². The van der Waals surface area contributed by atoms with Crippen molar-refractivity contribution < 1.29 is 4.74 Å². The molecule has 20 heavy (non-hydrogen) atoms. The quantitative estimate of drug-likeness (QED) is 0.625. The first-order chi connectivity index (χ1) is 9.85. The molecule has 3 nitrogen and oxygen atoms in total. The van der Waals surface area contributed by atoms with E-state index < -0.39 is 0 Å². The van der Waals surface area contributed by atoms with Crippen molar-refractivity contribution in [2.24, 2.45) is 5.84 Å². The van der Waals surface area contributed by atoms with E-state index in [1.165, 1.54) is 24.0 Å². The van der Waals surface area contributed by atoms with Crippen LogP contribution in [-0.4, -0.2) is 6.10 Å². The van der Waals surface area contributed by atoms with Gasteiger partial charge in [-0.25, -0.2) is 0 Å². The molecule has 0 aromatic heterocycles. The molecule has 3 N–H and O–H groups in total. The van der Waals surface area contributed by atoms with Gasteiger partial charge in [0.05, 0.1) is 6.10 Å². The largest absolute Gasteiger partial charge is 0.490 e. The lowest BCUT2D eigenvalue weighted by molar-refractivity contribution is 0.303. The summed E-state index contributed by atoms with van der Waals surface area (Å²) in [6.07, 6.45) is 3.68. The van der Waals surface area contributed by atoms with Gasteiger partial charge in [-0.1, -0.05) is 42.5 Å². The Bertz CT molecular complexity index is 535. The maximum Gasteiger partial charge on any atom is 0.119 e. The van der Waals surface area contributed by atoms with Crippen LogP contribution in [0.4, 0.5) is 0 Å². The zero-order valence-electron chi connectivity index (χ0n) is 11.5. The van der Waals surface area contributed by atoms with Crippen molar-refractivity contribution in [1.29, 1.82) is 0 Å². The van der Waals surface area contributed by atoms with E-state index in [9.17, 15) is 0 Å². The minimum absolute atomic E-state index is 0.118. The van der Waals surface area contributed by atoms with Crippen LogP contribution in [0.5, 0.6) is 5.75 Å². The minimum Gasteiger partial charge on any atom is -0.490 e. The van der Waals surface area contributed by atoms with E-state index in [1.54, 1.807) is 0 Å². The maximum absolute atomic E-state index is 5.76. The number of rotatable bonds is 6. The molecule has 0 amide bonds. The first-order valence-corrected chi connectivity index (χ1v) is 7.12. The second-order valence-electron chi connectivity index (χ2n) is 5.30. The fraction of sp³-hybridized carbons (Fsp3) is 0.294. The monoisotopic (exact) mass is 268 g/mol. The van der Waals surface area contributed by atoms with Crippen molar-refractivity contribution in [2.45, 2.75) is 31.4 Å². The molecule has 2 aromatic rings. The average Bonchev–Trinajstić information content (AvgIpc) is 3.31. The van der Waals surface area contributed by atoms with Crippen LogP contribution in [0.25, 0.3) is 0 Å². The van der Waals surface area contributed by atoms with Crippen LogP contribution < -0.4 is 16.0 Å². The SMILES string of the molecule is NNC(Cc1ccccc1)c1ccc(OC2CC2)cc1. The number of nitrogens with one attached hydrogen (secondary N) is 1. The molecule has 1 aliphatic carbocycles. The molecule has 0 spiro atoms. The molecule has 1 fully saturated rings. The summed E-state index contributed by atoms with van der Waals surface area (Å²) in [5, 5.41) is 0. The van der Waals surface area contributed by atoms with Crippen LogP contribution in [0.3, 0.4) is 0 Å². The van der Waals surface area contributed by atoms with Crippen LogP contribution in [0.15, 0.2) is 54.6 Å². The van der Waals surface area contributed by atoms with Crippen molar-refractivity contribution in [3.8, 4) is 5.75 Å². The number of hydrogen-bond donors (Lipinski definition) is 2. The van der Waals surface area contributed by atoms with Gasteiger partial charge < -0.3 is 4.74 Å². The molecular weight excluding hydrogens is 248 g/mol. The topological polar surface area (TPSA) is 47.3 Å². The van der Waals surface area contributed by atoms with E-state index in [2.05, 4.69) is 41.8 Å². The summed E-state index contributed by atoms with van der Waals surface area (Å²) in [6, 6.07) is 18.7. The van der Waals surface area contributed by atoms with E-state index in [0.717, 1.165) is 12.2 Å². The highest BCUT2D eigenvalue weighted by Crippen LogP contribution is 2.28. The molecule has 0 aliphatic heterocycles. The summed E-state index contributed by atoms with van der Waals surface area (Å²) in [4.78, 5) is 0. The maximum atomic E-state index is 5.76. The van der Waals surface area contributed by atoms with E-state index >= 15 is 0 Å². The zero-order chi connectivity index (χ0) is 13.8. The second-order valence-corrected chi connectivity index (χ2v) is 5.30. The third-order valence-corrected chi connectivity index (χ3v) is 3.59. The smallest absolute Gasteiger partial charge is 0.119 e. The Morgan fingerprint density at radius 2 is 1.75 bits per heavy atom. The summed E-state index contributed by atoms with van der Waals surface area (Å²) in [5.41, 5.74) is 5.35. The van der Waals surface area contributed by atoms with Crippen molar-refractivity contribution in [2.75, 3.05) is 0 Å². The Kier molecular flexibility index (Phi) is 4.00. The Balaban J connectivity index is 1.68. The molecule has 0 radical (unpaired) electrons. The molecule has 1 saturated carbocycles. The molecule has 0 saturated heterocycles. The number of ether oxygens (including phenoxy) is 1. The van der Waals surface area contributed by atoms with Crippen molar-refractivity contribution in [1.82, 2.24) is 5.43 Å². The first-order valence-electron chi connectivity index (χ1n) is 7.12. The van der Waals surface area contributed by atoms with Crippen LogP contribution >= 0.6 is 0 Å². The first kappa shape index (κ1) is 13.2. The fourth-order valence-electron chi connectivity index (χ4n) is 2.28. The Morgan fingerprint density at radius 1 is 1.05 bits per heavy atom. The Labute approximate surface area is 119 Å². The summed E-state index contributed by atoms with van der Waals surface area (Å²) < 4.78 is 5.76. The normalized spacial score (nSPS) is 15.8. The standard InChI is InChI=1S/C17H20N2O/c18-19-17(12-13-4-2-1-3-5-13)14-6-8-15(9-7-14)20-16-10-11-16/h1-9,16-17,19H,10-12,18H2. The van der Waals surface area contributed by atoms with Gasteiger partial charge in [0.25, 0.3) is 0 Å². The van der Waals surface area contributed by atoms with Crippen molar-refractivity contribution in [3.63, 3.8) is 0 Å². The Morgan fingerprint density at radius 3 is 2.35 bits per heavy atom. The highest BCUT2D eigenvalue weighted by Gasteiger charge is 2.23. The lowest BCUT2D eigenvalue weighted by atomic mass is 9.99. The van der Waals surface area contributed by atoms with Gasteiger partial charge >= 0.3 is 0 Å². The van der Waals surface area contributed by atoms with E-state index in [-0.39, 0.29) is 6.04 Å². The molecular formula is C17H20N2O. The highest BCUT2D eigenvalue weighted by atomic mass is 16.5. The lowest BCUT2D eigenvalue weighted by Crippen LogP contribution is -2.29. The van der Waals surface area contributed by atoms with Gasteiger partial charge in [0, 0.05) is 6.04 Å². The van der Waals surface area contributed by atoms with Gasteiger partial charge in [0.1, 0.15) is 5.75 Å². The molecule has 2 aromatic carbocycles. The van der Waals surface area contributed by atoms with Crippen LogP contribution in [0.2, 0.25) is 0 Å². The third kappa shape index (κ3) is 3.38.